The number of fused-ring (bicyclic) bond motifs is 1. The molecule has 3 aromatic rings. The third kappa shape index (κ3) is 2.73. The van der Waals surface area contributed by atoms with E-state index in [1.807, 2.05) is 12.1 Å². The van der Waals surface area contributed by atoms with Crippen LogP contribution in [0.1, 0.15) is 18.1 Å². The fourth-order valence-corrected chi connectivity index (χ4v) is 3.59. The Hall–Kier alpha value is -2.99. The van der Waals surface area contributed by atoms with Crippen LogP contribution in [0.25, 0.3) is 10.9 Å². The quantitative estimate of drug-likeness (QED) is 0.695. The maximum Gasteiger partial charge on any atom is 0.325 e. The van der Waals surface area contributed by atoms with E-state index in [0.29, 0.717) is 16.1 Å². The number of benzene rings is 2. The van der Waals surface area contributed by atoms with Crippen molar-refractivity contribution in [1.29, 1.82) is 0 Å². The van der Waals surface area contributed by atoms with Crippen LogP contribution < -0.4 is 5.32 Å². The van der Waals surface area contributed by atoms with E-state index in [1.54, 1.807) is 24.4 Å². The molecule has 7 heteroatoms. The number of pyridine rings is 1. The molecule has 4 rings (SSSR count). The summed E-state index contributed by atoms with van der Waals surface area (Å²) < 4.78 is 14.3. The number of urea groups is 1. The smallest absolute Gasteiger partial charge is 0.319 e. The average molecular weight is 384 g/mol. The highest BCUT2D eigenvalue weighted by molar-refractivity contribution is 6.32. The molecule has 2 heterocycles. The molecule has 27 heavy (non-hydrogen) atoms. The molecule has 1 unspecified atom stereocenters. The number of hydrogen-bond donors (Lipinski definition) is 1. The van der Waals surface area contributed by atoms with E-state index in [4.69, 9.17) is 11.6 Å². The zero-order valence-electron chi connectivity index (χ0n) is 14.4. The van der Waals surface area contributed by atoms with Crippen LogP contribution in [0, 0.1) is 5.82 Å². The highest BCUT2D eigenvalue weighted by atomic mass is 35.5. The average Bonchev–Trinajstić information content (AvgIpc) is 2.88. The number of amides is 3. The molecular weight excluding hydrogens is 369 g/mol. The second-order valence-electron chi connectivity index (χ2n) is 6.53. The number of aromatic nitrogens is 1. The van der Waals surface area contributed by atoms with Crippen molar-refractivity contribution in [3.63, 3.8) is 0 Å². The number of carbonyl (C=O) groups excluding carboxylic acids is 2. The van der Waals surface area contributed by atoms with Gasteiger partial charge >= 0.3 is 6.03 Å². The topological polar surface area (TPSA) is 62.3 Å². The van der Waals surface area contributed by atoms with Crippen molar-refractivity contribution in [1.82, 2.24) is 15.2 Å². The van der Waals surface area contributed by atoms with E-state index in [1.165, 1.54) is 25.1 Å². The summed E-state index contributed by atoms with van der Waals surface area (Å²) in [6.07, 6.45) is 1.62. The Labute approximate surface area is 159 Å². The lowest BCUT2D eigenvalue weighted by Crippen LogP contribution is -2.41. The van der Waals surface area contributed by atoms with Gasteiger partial charge in [0.2, 0.25) is 0 Å². The largest absolute Gasteiger partial charge is 0.325 e. The van der Waals surface area contributed by atoms with E-state index in [2.05, 4.69) is 10.3 Å². The summed E-state index contributed by atoms with van der Waals surface area (Å²) in [5.74, 6) is -1.10. The molecule has 1 aliphatic heterocycles. The molecule has 136 valence electrons. The van der Waals surface area contributed by atoms with Gasteiger partial charge in [-0.15, -0.1) is 0 Å². The fraction of sp³-hybridized carbons (Fsp3) is 0.150. The molecular formula is C20H15ClFN3O2. The minimum atomic E-state index is -1.48. The molecule has 1 aromatic heterocycles. The van der Waals surface area contributed by atoms with Crippen molar-refractivity contribution in [2.24, 2.45) is 0 Å². The lowest BCUT2D eigenvalue weighted by atomic mass is 9.91. The van der Waals surface area contributed by atoms with E-state index in [0.717, 1.165) is 10.3 Å². The Morgan fingerprint density at radius 2 is 1.93 bits per heavy atom. The highest BCUT2D eigenvalue weighted by Crippen LogP contribution is 2.33. The Morgan fingerprint density at radius 3 is 2.70 bits per heavy atom. The summed E-state index contributed by atoms with van der Waals surface area (Å²) in [4.78, 5) is 31.0. The number of carbonyl (C=O) groups is 2. The molecule has 0 spiro atoms. The van der Waals surface area contributed by atoms with Gasteiger partial charge in [-0.3, -0.25) is 14.7 Å². The molecule has 1 N–H and O–H groups in total. The van der Waals surface area contributed by atoms with Crippen molar-refractivity contribution in [2.45, 2.75) is 19.0 Å². The highest BCUT2D eigenvalue weighted by Gasteiger charge is 2.50. The number of hydrogen-bond acceptors (Lipinski definition) is 3. The zero-order chi connectivity index (χ0) is 19.2. The SMILES string of the molecule is CC1(c2ccccc2F)NC(=O)N(Cc2c(Cl)ccc3cccnc23)C1=O. The van der Waals surface area contributed by atoms with Gasteiger partial charge in [-0.05, 0) is 25.1 Å². The first-order chi connectivity index (χ1) is 12.9. The number of nitrogens with zero attached hydrogens (tertiary/aromatic N) is 2. The van der Waals surface area contributed by atoms with Crippen molar-refractivity contribution in [2.75, 3.05) is 0 Å². The van der Waals surface area contributed by atoms with E-state index >= 15 is 0 Å². The van der Waals surface area contributed by atoms with Crippen LogP contribution >= 0.6 is 11.6 Å². The van der Waals surface area contributed by atoms with E-state index in [9.17, 15) is 14.0 Å². The van der Waals surface area contributed by atoms with Gasteiger partial charge in [0.1, 0.15) is 11.4 Å². The molecule has 1 saturated heterocycles. The van der Waals surface area contributed by atoms with Gasteiger partial charge in [0.15, 0.2) is 0 Å². The van der Waals surface area contributed by atoms with Crippen LogP contribution in [0.3, 0.4) is 0 Å². The minimum Gasteiger partial charge on any atom is -0.319 e. The Morgan fingerprint density at radius 1 is 1.15 bits per heavy atom. The summed E-state index contributed by atoms with van der Waals surface area (Å²) in [5.41, 5.74) is -0.179. The maximum absolute atomic E-state index is 14.3. The van der Waals surface area contributed by atoms with Crippen molar-refractivity contribution in [3.05, 3.63) is 76.7 Å². The third-order valence-corrected chi connectivity index (χ3v) is 5.18. The van der Waals surface area contributed by atoms with Gasteiger partial charge in [0.25, 0.3) is 5.91 Å². The molecule has 1 aliphatic rings. The predicted octanol–water partition coefficient (Wildman–Crippen LogP) is 3.99. The van der Waals surface area contributed by atoms with Crippen LogP contribution in [-0.4, -0.2) is 21.8 Å². The van der Waals surface area contributed by atoms with Crippen LogP contribution in [0.15, 0.2) is 54.7 Å². The second kappa shape index (κ2) is 6.32. The van der Waals surface area contributed by atoms with E-state index < -0.39 is 23.3 Å². The minimum absolute atomic E-state index is 0.0537. The van der Waals surface area contributed by atoms with Crippen LogP contribution in [0.2, 0.25) is 5.02 Å². The van der Waals surface area contributed by atoms with Gasteiger partial charge in [0.05, 0.1) is 12.1 Å². The Balaban J connectivity index is 1.75. The molecule has 1 atom stereocenters. The van der Waals surface area contributed by atoms with Crippen LogP contribution in [0.5, 0.6) is 0 Å². The zero-order valence-corrected chi connectivity index (χ0v) is 15.1. The molecule has 0 saturated carbocycles. The van der Waals surface area contributed by atoms with Gasteiger partial charge in [-0.2, -0.15) is 0 Å². The van der Waals surface area contributed by atoms with E-state index in [-0.39, 0.29) is 12.1 Å². The first-order valence-corrected chi connectivity index (χ1v) is 8.71. The summed E-state index contributed by atoms with van der Waals surface area (Å²) in [6.45, 7) is 1.44. The maximum atomic E-state index is 14.3. The molecule has 3 amide bonds. The predicted molar refractivity (Wildman–Crippen MR) is 99.6 cm³/mol. The molecule has 0 radical (unpaired) electrons. The lowest BCUT2D eigenvalue weighted by Gasteiger charge is -2.23. The van der Waals surface area contributed by atoms with Crippen LogP contribution in [0.4, 0.5) is 9.18 Å². The number of imide groups is 1. The lowest BCUT2D eigenvalue weighted by molar-refractivity contribution is -0.131. The second-order valence-corrected chi connectivity index (χ2v) is 6.93. The summed E-state index contributed by atoms with van der Waals surface area (Å²) in [7, 11) is 0. The third-order valence-electron chi connectivity index (χ3n) is 4.83. The van der Waals surface area contributed by atoms with Crippen molar-refractivity contribution >= 4 is 34.4 Å². The van der Waals surface area contributed by atoms with Crippen molar-refractivity contribution in [3.8, 4) is 0 Å². The first-order valence-electron chi connectivity index (χ1n) is 8.33. The van der Waals surface area contributed by atoms with Gasteiger partial charge < -0.3 is 5.32 Å². The number of halogens is 2. The summed E-state index contributed by atoms with van der Waals surface area (Å²) in [5, 5.41) is 3.86. The summed E-state index contributed by atoms with van der Waals surface area (Å²) >= 11 is 6.32. The molecule has 0 aliphatic carbocycles. The standard InChI is InChI=1S/C20H15ClFN3O2/c1-20(14-6-2-3-7-16(14)22)18(26)25(19(27)24-20)11-13-15(21)9-8-12-5-4-10-23-17(12)13/h2-10H,11H2,1H3,(H,24,27). The normalized spacial score (nSPS) is 19.6. The van der Waals surface area contributed by atoms with Gasteiger partial charge in [-0.1, -0.05) is 41.9 Å². The Bertz CT molecular complexity index is 1090. The monoisotopic (exact) mass is 383 g/mol. The molecule has 5 nitrogen and oxygen atoms in total. The molecule has 2 aromatic carbocycles. The fourth-order valence-electron chi connectivity index (χ4n) is 3.38. The number of rotatable bonds is 3. The first kappa shape index (κ1) is 17.4. The van der Waals surface area contributed by atoms with Crippen LogP contribution in [-0.2, 0) is 16.9 Å². The van der Waals surface area contributed by atoms with Gasteiger partial charge in [-0.25, -0.2) is 9.18 Å². The Kier molecular flexibility index (Phi) is 4.08. The molecule has 1 fully saturated rings. The molecule has 0 bridgehead atoms. The number of nitrogens with one attached hydrogen (secondary N) is 1. The van der Waals surface area contributed by atoms with Crippen molar-refractivity contribution < 1.29 is 14.0 Å². The summed E-state index contributed by atoms with van der Waals surface area (Å²) in [6, 6.07) is 12.5. The van der Waals surface area contributed by atoms with Gasteiger partial charge in [0, 0.05) is 27.7 Å².